The summed E-state index contributed by atoms with van der Waals surface area (Å²) in [7, 11) is 1.13. The van der Waals surface area contributed by atoms with Gasteiger partial charge in [-0.2, -0.15) is 0 Å². The normalized spacial score (nSPS) is 15.2. The number of aryl methyl sites for hydroxylation is 1. The average Bonchev–Trinajstić information content (AvgIpc) is 3.46. The van der Waals surface area contributed by atoms with E-state index in [0.717, 1.165) is 29.5 Å². The molecule has 0 amide bonds. The Morgan fingerprint density at radius 1 is 1.29 bits per heavy atom. The Morgan fingerprint density at radius 3 is 2.84 bits per heavy atom. The highest BCUT2D eigenvalue weighted by Crippen LogP contribution is 2.34. The molecule has 0 aliphatic heterocycles. The van der Waals surface area contributed by atoms with Gasteiger partial charge in [0.1, 0.15) is 11.5 Å². The molecule has 4 aromatic rings. The monoisotopic (exact) mass is 441 g/mol. The summed E-state index contributed by atoms with van der Waals surface area (Å²) in [5, 5.41) is 12.0. The van der Waals surface area contributed by atoms with E-state index in [1.165, 1.54) is 11.3 Å². The van der Waals surface area contributed by atoms with E-state index in [2.05, 4.69) is 4.98 Å². The Morgan fingerprint density at radius 2 is 2.10 bits per heavy atom. The smallest absolute Gasteiger partial charge is 0.333 e. The molecule has 0 aliphatic carbocycles. The second-order valence-electron chi connectivity index (χ2n) is 6.82. The zero-order valence-electron chi connectivity index (χ0n) is 19.1. The summed E-state index contributed by atoms with van der Waals surface area (Å²) >= 11 is 1.37. The third-order valence-corrected chi connectivity index (χ3v) is 5.80. The van der Waals surface area contributed by atoms with E-state index in [1.54, 1.807) is 12.1 Å². The van der Waals surface area contributed by atoms with E-state index >= 15 is 0 Å². The van der Waals surface area contributed by atoms with Crippen LogP contribution in [0.15, 0.2) is 58.3 Å². The minimum atomic E-state index is -2.40. The van der Waals surface area contributed by atoms with E-state index in [9.17, 15) is 9.90 Å². The first-order valence-corrected chi connectivity index (χ1v) is 10.6. The van der Waals surface area contributed by atoms with Crippen LogP contribution in [0.1, 0.15) is 19.8 Å². The fourth-order valence-electron chi connectivity index (χ4n) is 3.27. The van der Waals surface area contributed by atoms with E-state index in [-0.39, 0.29) is 0 Å². The summed E-state index contributed by atoms with van der Waals surface area (Å²) in [6.45, 7) is 2.24. The first kappa shape index (κ1) is 18.6. The lowest BCUT2D eigenvalue weighted by Crippen LogP contribution is -2.24. The molecule has 160 valence electrons. The Balaban J connectivity index is 1.51. The van der Waals surface area contributed by atoms with Crippen molar-refractivity contribution >= 4 is 27.4 Å². The van der Waals surface area contributed by atoms with Gasteiger partial charge in [-0.1, -0.05) is 24.3 Å². The first-order valence-electron chi connectivity index (χ1n) is 10.8. The first-order chi connectivity index (χ1) is 15.8. The lowest BCUT2D eigenvalue weighted by atomic mass is 10.1. The molecule has 0 bridgehead atoms. The Kier molecular flexibility index (Phi) is 5.59. The van der Waals surface area contributed by atoms with E-state index in [4.69, 9.17) is 16.6 Å². The van der Waals surface area contributed by atoms with Crippen molar-refractivity contribution < 1.29 is 26.5 Å². The minimum absolute atomic E-state index is 0.367. The molecule has 0 saturated heterocycles. The number of thiophene rings is 1. The van der Waals surface area contributed by atoms with Crippen LogP contribution >= 0.6 is 11.3 Å². The number of aromatic nitrogens is 1. The molecule has 0 spiro atoms. The Bertz CT molecular complexity index is 1270. The van der Waals surface area contributed by atoms with Gasteiger partial charge in [0, 0.05) is 36.9 Å². The van der Waals surface area contributed by atoms with Gasteiger partial charge in [-0.25, -0.2) is 9.78 Å². The summed E-state index contributed by atoms with van der Waals surface area (Å²) in [5.41, 5.74) is 2.14. The van der Waals surface area contributed by atoms with Crippen molar-refractivity contribution in [3.05, 3.63) is 70.9 Å². The molecule has 31 heavy (non-hydrogen) atoms. The summed E-state index contributed by atoms with van der Waals surface area (Å²) in [6, 6.07) is 14.9. The van der Waals surface area contributed by atoms with Crippen LogP contribution < -0.4 is 4.74 Å². The zero-order chi connectivity index (χ0) is 23.6. The number of rotatable bonds is 9. The number of fused-ring (bicyclic) bond motifs is 1. The van der Waals surface area contributed by atoms with Crippen molar-refractivity contribution in [2.45, 2.75) is 25.8 Å². The maximum absolute atomic E-state index is 11.5. The van der Waals surface area contributed by atoms with Gasteiger partial charge in [0.15, 0.2) is 6.08 Å². The van der Waals surface area contributed by atoms with Gasteiger partial charge in [-0.15, -0.1) is 11.3 Å². The molecule has 0 aliphatic rings. The van der Waals surface area contributed by atoms with E-state index in [1.807, 2.05) is 48.7 Å². The standard InChI is InChI=1S/C24H23NO5S/c1-15-19(25-23(30-15)16-6-4-3-5-7-16)10-12-29-20-9-8-17(14-21(28-2)24(26)27)22-18(20)11-13-31-22/h3-9,11,13,21H,10,12,14H2,1-2H3,(H,26,27)/t21-/m0/s1/i14T,21T/t14?,21-. The molecule has 2 atom stereocenters. The molecule has 0 fully saturated rings. The molecule has 0 saturated carbocycles. The Hall–Kier alpha value is -3.16. The van der Waals surface area contributed by atoms with Crippen molar-refractivity contribution in [1.29, 1.82) is 0 Å². The van der Waals surface area contributed by atoms with Crippen LogP contribution in [-0.4, -0.2) is 35.9 Å². The molecule has 2 heterocycles. The molecule has 0 radical (unpaired) electrons. The number of carbonyl (C=O) groups is 1. The van der Waals surface area contributed by atoms with Gasteiger partial charge in [0.05, 0.1) is 13.7 Å². The number of oxazole rings is 1. The van der Waals surface area contributed by atoms with Crippen molar-refractivity contribution in [2.75, 3.05) is 13.7 Å². The highest BCUT2D eigenvalue weighted by Gasteiger charge is 2.19. The Labute approximate surface area is 186 Å². The molecule has 2 aromatic heterocycles. The fourth-order valence-corrected chi connectivity index (χ4v) is 4.17. The average molecular weight is 442 g/mol. The van der Waals surface area contributed by atoms with Gasteiger partial charge in [-0.3, -0.25) is 0 Å². The predicted octanol–water partition coefficient (Wildman–Crippen LogP) is 5.13. The second kappa shape index (κ2) is 9.32. The largest absolute Gasteiger partial charge is 0.493 e. The molecule has 6 nitrogen and oxygen atoms in total. The number of ether oxygens (including phenoxy) is 2. The number of nitrogens with zero attached hydrogens (tertiary/aromatic N) is 1. The van der Waals surface area contributed by atoms with Gasteiger partial charge in [-0.05, 0) is 42.1 Å². The summed E-state index contributed by atoms with van der Waals surface area (Å²) in [5.74, 6) is 0.429. The number of methoxy groups -OCH3 is 1. The predicted molar refractivity (Wildman–Crippen MR) is 120 cm³/mol. The van der Waals surface area contributed by atoms with Crippen molar-refractivity contribution in [2.24, 2.45) is 0 Å². The second-order valence-corrected chi connectivity index (χ2v) is 7.74. The molecular formula is C24H23NO5S. The molecule has 7 heteroatoms. The zero-order valence-corrected chi connectivity index (χ0v) is 17.9. The van der Waals surface area contributed by atoms with E-state index < -0.39 is 18.4 Å². The van der Waals surface area contributed by atoms with Crippen LogP contribution in [-0.2, 0) is 22.3 Å². The maximum atomic E-state index is 11.5. The molecule has 4 rings (SSSR count). The van der Waals surface area contributed by atoms with Crippen LogP contribution in [0.25, 0.3) is 21.5 Å². The molecule has 1 unspecified atom stereocenters. The number of carboxylic acid groups (broad SMARTS) is 1. The van der Waals surface area contributed by atoms with Crippen molar-refractivity contribution in [3.8, 4) is 17.2 Å². The van der Waals surface area contributed by atoms with Crippen LogP contribution in [0, 0.1) is 6.92 Å². The molecular weight excluding hydrogens is 414 g/mol. The van der Waals surface area contributed by atoms with Crippen LogP contribution in [0.2, 0.25) is 0 Å². The number of hydrogen-bond donors (Lipinski definition) is 1. The topological polar surface area (TPSA) is 81.8 Å². The number of benzene rings is 2. The quantitative estimate of drug-likeness (QED) is 0.388. The minimum Gasteiger partial charge on any atom is -0.493 e. The lowest BCUT2D eigenvalue weighted by molar-refractivity contribution is -0.148. The number of hydrogen-bond acceptors (Lipinski definition) is 6. The van der Waals surface area contributed by atoms with Gasteiger partial charge >= 0.3 is 5.97 Å². The molecule has 1 N–H and O–H groups in total. The van der Waals surface area contributed by atoms with E-state index in [0.29, 0.717) is 34.9 Å². The highest BCUT2D eigenvalue weighted by molar-refractivity contribution is 7.17. The van der Waals surface area contributed by atoms with Crippen molar-refractivity contribution in [1.82, 2.24) is 4.98 Å². The number of carboxylic acids is 1. The summed E-state index contributed by atoms with van der Waals surface area (Å²) < 4.78 is 33.9. The highest BCUT2D eigenvalue weighted by atomic mass is 32.1. The van der Waals surface area contributed by atoms with Crippen LogP contribution in [0.5, 0.6) is 5.75 Å². The van der Waals surface area contributed by atoms with Gasteiger partial charge < -0.3 is 19.0 Å². The summed E-state index contributed by atoms with van der Waals surface area (Å²) in [6.07, 6.45) is -3.28. The van der Waals surface area contributed by atoms with Crippen molar-refractivity contribution in [3.63, 3.8) is 0 Å². The van der Waals surface area contributed by atoms with Gasteiger partial charge in [0.2, 0.25) is 5.89 Å². The fraction of sp³-hybridized carbons (Fsp3) is 0.250. The SMILES string of the molecule is [3H]C(c1ccc(OCCc2nc(-c3ccccc3)oc2C)c2ccsc12)[C@]([3H])(OC)C(=O)O. The number of aliphatic carboxylic acids is 1. The maximum Gasteiger partial charge on any atom is 0.333 e. The molecule has 2 aromatic carbocycles. The lowest BCUT2D eigenvalue weighted by Gasteiger charge is -2.13. The van der Waals surface area contributed by atoms with Crippen LogP contribution in [0.4, 0.5) is 0 Å². The van der Waals surface area contributed by atoms with Crippen LogP contribution in [0.3, 0.4) is 0 Å². The summed E-state index contributed by atoms with van der Waals surface area (Å²) in [4.78, 5) is 16.1. The van der Waals surface area contributed by atoms with Gasteiger partial charge in [0.25, 0.3) is 0 Å². The third kappa shape index (κ3) is 4.62. The third-order valence-electron chi connectivity index (χ3n) is 4.83.